The number of anilines is 1. The summed E-state index contributed by atoms with van der Waals surface area (Å²) >= 11 is 0. The monoisotopic (exact) mass is 352 g/mol. The van der Waals surface area contributed by atoms with Crippen molar-refractivity contribution in [3.63, 3.8) is 0 Å². The number of aromatic nitrogens is 1. The molecule has 0 aliphatic carbocycles. The van der Waals surface area contributed by atoms with Gasteiger partial charge in [-0.3, -0.25) is 4.79 Å². The SMILES string of the molecule is COC(=O)c1ccccc1NC(=O)c1cnoc1-c1ccc(OC)cc1. The van der Waals surface area contributed by atoms with E-state index in [-0.39, 0.29) is 11.1 Å². The molecule has 132 valence electrons. The van der Waals surface area contributed by atoms with Crippen LogP contribution in [0.3, 0.4) is 0 Å². The first-order valence-corrected chi connectivity index (χ1v) is 7.72. The second kappa shape index (κ2) is 7.52. The fourth-order valence-corrected chi connectivity index (χ4v) is 2.42. The molecular formula is C19H16N2O5. The van der Waals surface area contributed by atoms with Gasteiger partial charge in [-0.05, 0) is 36.4 Å². The molecule has 0 aliphatic heterocycles. The van der Waals surface area contributed by atoms with Gasteiger partial charge >= 0.3 is 5.97 Å². The molecule has 3 aromatic rings. The third kappa shape index (κ3) is 3.41. The van der Waals surface area contributed by atoms with Crippen LogP contribution in [0.25, 0.3) is 11.3 Å². The van der Waals surface area contributed by atoms with E-state index in [2.05, 4.69) is 10.5 Å². The number of nitrogens with zero attached hydrogens (tertiary/aromatic N) is 1. The third-order valence-electron chi connectivity index (χ3n) is 3.75. The lowest BCUT2D eigenvalue weighted by molar-refractivity contribution is 0.0602. The Balaban J connectivity index is 1.88. The minimum atomic E-state index is -0.540. The molecule has 26 heavy (non-hydrogen) atoms. The van der Waals surface area contributed by atoms with Crippen molar-refractivity contribution in [2.75, 3.05) is 19.5 Å². The van der Waals surface area contributed by atoms with Crippen molar-refractivity contribution in [1.82, 2.24) is 5.16 Å². The Morgan fingerprint density at radius 3 is 2.42 bits per heavy atom. The predicted octanol–water partition coefficient (Wildman–Crippen LogP) is 3.39. The van der Waals surface area contributed by atoms with E-state index in [0.29, 0.717) is 22.8 Å². The number of methoxy groups -OCH3 is 2. The molecule has 2 aromatic carbocycles. The highest BCUT2D eigenvalue weighted by Crippen LogP contribution is 2.27. The molecule has 0 aliphatic rings. The van der Waals surface area contributed by atoms with Crippen molar-refractivity contribution in [3.8, 4) is 17.1 Å². The van der Waals surface area contributed by atoms with E-state index in [1.165, 1.54) is 13.3 Å². The van der Waals surface area contributed by atoms with Crippen LogP contribution in [0.1, 0.15) is 20.7 Å². The number of benzene rings is 2. The fourth-order valence-electron chi connectivity index (χ4n) is 2.42. The van der Waals surface area contributed by atoms with E-state index in [4.69, 9.17) is 14.0 Å². The number of para-hydroxylation sites is 1. The smallest absolute Gasteiger partial charge is 0.339 e. The maximum Gasteiger partial charge on any atom is 0.339 e. The number of nitrogens with one attached hydrogen (secondary N) is 1. The molecule has 7 heteroatoms. The minimum absolute atomic E-state index is 0.245. The molecule has 0 fully saturated rings. The second-order valence-electron chi connectivity index (χ2n) is 5.29. The van der Waals surface area contributed by atoms with Gasteiger partial charge in [-0.1, -0.05) is 17.3 Å². The zero-order valence-corrected chi connectivity index (χ0v) is 14.2. The predicted molar refractivity (Wildman–Crippen MR) is 94.2 cm³/mol. The van der Waals surface area contributed by atoms with E-state index in [0.717, 1.165) is 0 Å². The van der Waals surface area contributed by atoms with Gasteiger partial charge in [0.2, 0.25) is 0 Å². The van der Waals surface area contributed by atoms with Crippen molar-refractivity contribution in [2.45, 2.75) is 0 Å². The molecule has 1 aromatic heterocycles. The van der Waals surface area contributed by atoms with Crippen LogP contribution >= 0.6 is 0 Å². The lowest BCUT2D eigenvalue weighted by Gasteiger charge is -2.09. The van der Waals surface area contributed by atoms with E-state index in [9.17, 15) is 9.59 Å². The highest BCUT2D eigenvalue weighted by molar-refractivity contribution is 6.10. The average Bonchev–Trinajstić information content (AvgIpc) is 3.18. The number of carbonyl (C=O) groups excluding carboxylic acids is 2. The van der Waals surface area contributed by atoms with Crippen molar-refractivity contribution < 1.29 is 23.6 Å². The Kier molecular flexibility index (Phi) is 4.98. The second-order valence-corrected chi connectivity index (χ2v) is 5.29. The maximum atomic E-state index is 12.7. The lowest BCUT2D eigenvalue weighted by Crippen LogP contribution is -2.15. The number of carbonyl (C=O) groups is 2. The third-order valence-corrected chi connectivity index (χ3v) is 3.75. The van der Waals surface area contributed by atoms with E-state index >= 15 is 0 Å². The fraction of sp³-hybridized carbons (Fsp3) is 0.105. The minimum Gasteiger partial charge on any atom is -0.497 e. The number of amides is 1. The van der Waals surface area contributed by atoms with Gasteiger partial charge in [-0.25, -0.2) is 4.79 Å². The number of rotatable bonds is 5. The number of esters is 1. The molecule has 0 saturated carbocycles. The summed E-state index contributed by atoms with van der Waals surface area (Å²) in [6.45, 7) is 0. The van der Waals surface area contributed by atoms with Gasteiger partial charge in [0.15, 0.2) is 5.76 Å². The molecule has 7 nitrogen and oxygen atoms in total. The normalized spacial score (nSPS) is 10.2. The topological polar surface area (TPSA) is 90.7 Å². The Labute approximate surface area is 149 Å². The van der Waals surface area contributed by atoms with Gasteiger partial charge in [0.1, 0.15) is 11.3 Å². The molecular weight excluding hydrogens is 336 g/mol. The highest BCUT2D eigenvalue weighted by Gasteiger charge is 2.20. The van der Waals surface area contributed by atoms with Crippen molar-refractivity contribution >= 4 is 17.6 Å². The number of hydrogen-bond donors (Lipinski definition) is 1. The van der Waals surface area contributed by atoms with Crippen LogP contribution in [0, 0.1) is 0 Å². The highest BCUT2D eigenvalue weighted by atomic mass is 16.5. The summed E-state index contributed by atoms with van der Waals surface area (Å²) in [5.74, 6) is 0.0157. The Morgan fingerprint density at radius 2 is 1.73 bits per heavy atom. The molecule has 0 spiro atoms. The summed E-state index contributed by atoms with van der Waals surface area (Å²) in [5.41, 5.74) is 1.52. The summed E-state index contributed by atoms with van der Waals surface area (Å²) in [6, 6.07) is 13.6. The van der Waals surface area contributed by atoms with E-state index in [1.807, 2.05) is 0 Å². The summed E-state index contributed by atoms with van der Waals surface area (Å²) in [4.78, 5) is 24.5. The van der Waals surface area contributed by atoms with Crippen LogP contribution in [0.4, 0.5) is 5.69 Å². The summed E-state index contributed by atoms with van der Waals surface area (Å²) < 4.78 is 15.1. The number of ether oxygens (including phenoxy) is 2. The standard InChI is InChI=1S/C19H16N2O5/c1-24-13-9-7-12(8-10-13)17-15(11-20-26-17)18(22)21-16-6-4-3-5-14(16)19(23)25-2/h3-11H,1-2H3,(H,21,22). The van der Waals surface area contributed by atoms with Gasteiger partial charge in [0.05, 0.1) is 31.7 Å². The first kappa shape index (κ1) is 17.2. The summed E-state index contributed by atoms with van der Waals surface area (Å²) in [5, 5.41) is 6.42. The molecule has 0 unspecified atom stereocenters. The number of hydrogen-bond acceptors (Lipinski definition) is 6. The first-order valence-electron chi connectivity index (χ1n) is 7.72. The molecule has 1 N–H and O–H groups in total. The van der Waals surface area contributed by atoms with E-state index < -0.39 is 11.9 Å². The van der Waals surface area contributed by atoms with Gasteiger partial charge in [-0.2, -0.15) is 0 Å². The molecule has 0 bridgehead atoms. The van der Waals surface area contributed by atoms with Crippen LogP contribution in [0.2, 0.25) is 0 Å². The summed E-state index contributed by atoms with van der Waals surface area (Å²) in [7, 11) is 2.85. The maximum absolute atomic E-state index is 12.7. The van der Waals surface area contributed by atoms with Crippen LogP contribution in [0.15, 0.2) is 59.3 Å². The molecule has 0 radical (unpaired) electrons. The van der Waals surface area contributed by atoms with Crippen molar-refractivity contribution in [2.24, 2.45) is 0 Å². The Morgan fingerprint density at radius 1 is 1.00 bits per heavy atom. The zero-order valence-electron chi connectivity index (χ0n) is 14.2. The van der Waals surface area contributed by atoms with Gasteiger partial charge in [0.25, 0.3) is 5.91 Å². The zero-order chi connectivity index (χ0) is 18.5. The van der Waals surface area contributed by atoms with E-state index in [1.54, 1.807) is 55.6 Å². The van der Waals surface area contributed by atoms with Gasteiger partial charge < -0.3 is 19.3 Å². The average molecular weight is 352 g/mol. The Bertz CT molecular complexity index is 931. The largest absolute Gasteiger partial charge is 0.497 e. The van der Waals surface area contributed by atoms with Gasteiger partial charge in [-0.15, -0.1) is 0 Å². The molecule has 0 atom stereocenters. The van der Waals surface area contributed by atoms with Crippen molar-refractivity contribution in [3.05, 3.63) is 65.9 Å². The first-order chi connectivity index (χ1) is 12.6. The molecule has 1 amide bonds. The van der Waals surface area contributed by atoms with Crippen LogP contribution in [-0.2, 0) is 4.74 Å². The quantitative estimate of drug-likeness (QED) is 0.708. The Hall–Kier alpha value is -3.61. The van der Waals surface area contributed by atoms with Crippen molar-refractivity contribution in [1.29, 1.82) is 0 Å². The van der Waals surface area contributed by atoms with Crippen LogP contribution in [0.5, 0.6) is 5.75 Å². The van der Waals surface area contributed by atoms with Crippen LogP contribution in [-0.4, -0.2) is 31.3 Å². The summed E-state index contributed by atoms with van der Waals surface area (Å²) in [6.07, 6.45) is 1.33. The molecule has 0 saturated heterocycles. The van der Waals surface area contributed by atoms with Gasteiger partial charge in [0, 0.05) is 5.56 Å². The van der Waals surface area contributed by atoms with Crippen LogP contribution < -0.4 is 10.1 Å². The molecule has 3 rings (SSSR count). The lowest BCUT2D eigenvalue weighted by atomic mass is 10.1. The molecule has 1 heterocycles.